The van der Waals surface area contributed by atoms with Crippen LogP contribution < -0.4 is 0 Å². The molecule has 1 aliphatic rings. The number of ether oxygens (including phenoxy) is 2. The molecule has 0 aromatic heterocycles. The SMILES string of the molecule is C=CC1=C(C(=C)C(=C)CCC(C)(F)F)C(=O)OC(C)(C)O1. The lowest BCUT2D eigenvalue weighted by Gasteiger charge is -2.33. The van der Waals surface area contributed by atoms with Gasteiger partial charge in [0.25, 0.3) is 0 Å². The lowest BCUT2D eigenvalue weighted by Crippen LogP contribution is -2.37. The van der Waals surface area contributed by atoms with E-state index in [2.05, 4.69) is 19.7 Å². The van der Waals surface area contributed by atoms with Crippen LogP contribution in [0, 0.1) is 0 Å². The van der Waals surface area contributed by atoms with Crippen LogP contribution in [0.1, 0.15) is 33.6 Å². The van der Waals surface area contributed by atoms with E-state index in [1.54, 1.807) is 13.8 Å². The Bertz CT molecular complexity index is 522. The lowest BCUT2D eigenvalue weighted by atomic mass is 9.94. The summed E-state index contributed by atoms with van der Waals surface area (Å²) < 4.78 is 36.4. The molecule has 0 N–H and O–H groups in total. The third-order valence-electron chi connectivity index (χ3n) is 2.92. The number of cyclic esters (lactones) is 1. The Labute approximate surface area is 123 Å². The first kappa shape index (κ1) is 17.1. The number of halogens is 2. The maximum atomic E-state index is 12.9. The first-order valence-corrected chi connectivity index (χ1v) is 6.51. The molecule has 3 nitrogen and oxygen atoms in total. The number of hydrogen-bond acceptors (Lipinski definition) is 3. The van der Waals surface area contributed by atoms with E-state index in [4.69, 9.17) is 9.47 Å². The predicted octanol–water partition coefficient (Wildman–Crippen LogP) is 4.28. The molecule has 0 aromatic rings. The van der Waals surface area contributed by atoms with Gasteiger partial charge in [-0.15, -0.1) is 0 Å². The number of carbonyl (C=O) groups is 1. The molecule has 116 valence electrons. The van der Waals surface area contributed by atoms with Crippen molar-refractivity contribution in [3.63, 3.8) is 0 Å². The highest BCUT2D eigenvalue weighted by Gasteiger charge is 2.36. The summed E-state index contributed by atoms with van der Waals surface area (Å²) in [5.41, 5.74) is 0.648. The van der Waals surface area contributed by atoms with Crippen molar-refractivity contribution < 1.29 is 23.0 Å². The molecule has 0 aliphatic carbocycles. The second-order valence-electron chi connectivity index (χ2n) is 5.49. The van der Waals surface area contributed by atoms with E-state index in [0.29, 0.717) is 5.57 Å². The van der Waals surface area contributed by atoms with Crippen molar-refractivity contribution in [1.29, 1.82) is 0 Å². The molecular formula is C16H20F2O3. The summed E-state index contributed by atoms with van der Waals surface area (Å²) in [6.45, 7) is 15.0. The second-order valence-corrected chi connectivity index (χ2v) is 5.49. The third-order valence-corrected chi connectivity index (χ3v) is 2.92. The number of hydrogen-bond donors (Lipinski definition) is 0. The van der Waals surface area contributed by atoms with Crippen LogP contribution in [0.3, 0.4) is 0 Å². The number of allylic oxidation sites excluding steroid dienone is 2. The quantitative estimate of drug-likeness (QED) is 0.542. The summed E-state index contributed by atoms with van der Waals surface area (Å²) in [6.07, 6.45) is 1.01. The summed E-state index contributed by atoms with van der Waals surface area (Å²) in [6, 6.07) is 0. The maximum Gasteiger partial charge on any atom is 0.345 e. The van der Waals surface area contributed by atoms with Crippen molar-refractivity contribution in [2.45, 2.75) is 45.3 Å². The highest BCUT2D eigenvalue weighted by Crippen LogP contribution is 2.34. The fourth-order valence-electron chi connectivity index (χ4n) is 1.83. The molecule has 1 rings (SSSR count). The maximum absolute atomic E-state index is 12.9. The van der Waals surface area contributed by atoms with Gasteiger partial charge in [0.2, 0.25) is 11.7 Å². The van der Waals surface area contributed by atoms with Gasteiger partial charge in [-0.05, 0) is 30.6 Å². The van der Waals surface area contributed by atoms with Crippen LogP contribution >= 0.6 is 0 Å². The number of carbonyl (C=O) groups excluding carboxylic acids is 1. The van der Waals surface area contributed by atoms with Crippen molar-refractivity contribution in [3.8, 4) is 0 Å². The van der Waals surface area contributed by atoms with Gasteiger partial charge in [0.1, 0.15) is 11.3 Å². The van der Waals surface area contributed by atoms with E-state index < -0.39 is 17.7 Å². The Hall–Kier alpha value is -1.91. The van der Waals surface area contributed by atoms with Gasteiger partial charge < -0.3 is 9.47 Å². The average molecular weight is 298 g/mol. The summed E-state index contributed by atoms with van der Waals surface area (Å²) >= 11 is 0. The van der Waals surface area contributed by atoms with Crippen molar-refractivity contribution in [2.24, 2.45) is 0 Å². The van der Waals surface area contributed by atoms with E-state index in [1.165, 1.54) is 6.08 Å². The van der Waals surface area contributed by atoms with E-state index in [0.717, 1.165) is 6.92 Å². The van der Waals surface area contributed by atoms with Crippen LogP contribution in [-0.4, -0.2) is 17.7 Å². The average Bonchev–Trinajstić information content (AvgIpc) is 2.32. The van der Waals surface area contributed by atoms with E-state index in [-0.39, 0.29) is 29.7 Å². The molecule has 0 amide bonds. The lowest BCUT2D eigenvalue weighted by molar-refractivity contribution is -0.205. The Morgan fingerprint density at radius 3 is 2.38 bits per heavy atom. The number of alkyl halides is 2. The van der Waals surface area contributed by atoms with Crippen molar-refractivity contribution in [2.75, 3.05) is 0 Å². The molecule has 1 aliphatic heterocycles. The zero-order valence-electron chi connectivity index (χ0n) is 12.6. The summed E-state index contributed by atoms with van der Waals surface area (Å²) in [4.78, 5) is 12.1. The Morgan fingerprint density at radius 2 is 1.90 bits per heavy atom. The Morgan fingerprint density at radius 1 is 1.33 bits per heavy atom. The topological polar surface area (TPSA) is 35.5 Å². The van der Waals surface area contributed by atoms with Crippen molar-refractivity contribution >= 4 is 5.97 Å². The van der Waals surface area contributed by atoms with E-state index >= 15 is 0 Å². The number of rotatable bonds is 6. The van der Waals surface area contributed by atoms with E-state index in [1.807, 2.05) is 0 Å². The van der Waals surface area contributed by atoms with Crippen LogP contribution in [0.5, 0.6) is 0 Å². The molecule has 0 saturated heterocycles. The van der Waals surface area contributed by atoms with Crippen LogP contribution in [-0.2, 0) is 14.3 Å². The number of esters is 1. The minimum Gasteiger partial charge on any atom is -0.452 e. The van der Waals surface area contributed by atoms with Gasteiger partial charge in [-0.3, -0.25) is 0 Å². The molecule has 0 aromatic carbocycles. The van der Waals surface area contributed by atoms with Crippen LogP contribution in [0.4, 0.5) is 8.78 Å². The fraction of sp³-hybridized carbons (Fsp3) is 0.438. The molecule has 0 fully saturated rings. The zero-order chi connectivity index (χ0) is 16.4. The van der Waals surface area contributed by atoms with Gasteiger partial charge in [-0.1, -0.05) is 19.7 Å². The highest BCUT2D eigenvalue weighted by molar-refractivity contribution is 5.96. The molecule has 0 unspecified atom stereocenters. The van der Waals surface area contributed by atoms with Gasteiger partial charge in [-0.25, -0.2) is 13.6 Å². The molecule has 21 heavy (non-hydrogen) atoms. The third kappa shape index (κ3) is 4.55. The second kappa shape index (κ2) is 5.84. The molecule has 0 saturated carbocycles. The van der Waals surface area contributed by atoms with Crippen molar-refractivity contribution in [3.05, 3.63) is 48.3 Å². The Balaban J connectivity index is 2.99. The van der Waals surface area contributed by atoms with Gasteiger partial charge in [0.15, 0.2) is 0 Å². The smallest absolute Gasteiger partial charge is 0.345 e. The van der Waals surface area contributed by atoms with E-state index in [9.17, 15) is 13.6 Å². The summed E-state index contributed by atoms with van der Waals surface area (Å²) in [7, 11) is 0. The Kier molecular flexibility index (Phi) is 4.76. The van der Waals surface area contributed by atoms with Gasteiger partial charge in [0.05, 0.1) is 0 Å². The first-order chi connectivity index (χ1) is 9.47. The van der Waals surface area contributed by atoms with Crippen LogP contribution in [0.25, 0.3) is 0 Å². The molecule has 1 heterocycles. The molecular weight excluding hydrogens is 278 g/mol. The normalized spacial score (nSPS) is 17.9. The minimum absolute atomic E-state index is 0.0208. The molecule has 0 bridgehead atoms. The van der Waals surface area contributed by atoms with Gasteiger partial charge in [-0.2, -0.15) is 0 Å². The molecule has 0 spiro atoms. The van der Waals surface area contributed by atoms with Gasteiger partial charge in [0, 0.05) is 20.3 Å². The van der Waals surface area contributed by atoms with Crippen LogP contribution in [0.2, 0.25) is 0 Å². The monoisotopic (exact) mass is 298 g/mol. The predicted molar refractivity (Wildman–Crippen MR) is 76.6 cm³/mol. The highest BCUT2D eigenvalue weighted by atomic mass is 19.3. The first-order valence-electron chi connectivity index (χ1n) is 6.51. The minimum atomic E-state index is -2.80. The molecule has 0 atom stereocenters. The standard InChI is InChI=1S/C16H20F2O3/c1-7-12-13(14(19)21-15(4,5)20-12)11(3)10(2)8-9-16(6,17)18/h7H,1-3,8-9H2,4-6H3. The largest absolute Gasteiger partial charge is 0.452 e. The summed E-state index contributed by atoms with van der Waals surface area (Å²) in [5.74, 6) is -4.33. The zero-order valence-corrected chi connectivity index (χ0v) is 12.6. The summed E-state index contributed by atoms with van der Waals surface area (Å²) in [5, 5.41) is 0. The van der Waals surface area contributed by atoms with Crippen LogP contribution in [0.15, 0.2) is 48.3 Å². The van der Waals surface area contributed by atoms with Gasteiger partial charge >= 0.3 is 5.97 Å². The molecule has 0 radical (unpaired) electrons. The molecule has 5 heteroatoms. The fourth-order valence-corrected chi connectivity index (χ4v) is 1.83. The van der Waals surface area contributed by atoms with Crippen molar-refractivity contribution in [1.82, 2.24) is 0 Å².